The molecule has 0 saturated heterocycles. The number of rotatable bonds is 9. The third-order valence-electron chi connectivity index (χ3n) is 5.70. The Kier molecular flexibility index (Phi) is 7.53. The summed E-state index contributed by atoms with van der Waals surface area (Å²) in [6, 6.07) is 32.0. The molecule has 31 heavy (non-hydrogen) atoms. The van der Waals surface area contributed by atoms with Crippen LogP contribution in [0.2, 0.25) is 5.04 Å². The van der Waals surface area contributed by atoms with E-state index in [1.807, 2.05) is 6.07 Å². The first-order chi connectivity index (χ1) is 14.7. The van der Waals surface area contributed by atoms with Gasteiger partial charge >= 0.3 is 0 Å². The summed E-state index contributed by atoms with van der Waals surface area (Å²) in [7, 11) is -2.52. The molecule has 0 bridgehead atoms. The zero-order chi connectivity index (χ0) is 22.4. The van der Waals surface area contributed by atoms with Crippen molar-refractivity contribution in [2.24, 2.45) is 5.41 Å². The zero-order valence-corrected chi connectivity index (χ0v) is 20.6. The van der Waals surface area contributed by atoms with Crippen molar-refractivity contribution in [1.29, 1.82) is 0 Å². The van der Waals surface area contributed by atoms with Crippen LogP contribution in [0.1, 0.15) is 40.2 Å². The second-order valence-corrected chi connectivity index (χ2v) is 14.4. The van der Waals surface area contributed by atoms with Gasteiger partial charge < -0.3 is 9.16 Å². The second-order valence-electron chi connectivity index (χ2n) is 10.1. The highest BCUT2D eigenvalue weighted by Crippen LogP contribution is 2.37. The summed E-state index contributed by atoms with van der Waals surface area (Å²) in [5.41, 5.74) is 1.10. The molecule has 0 amide bonds. The first-order valence-electron chi connectivity index (χ1n) is 11.1. The van der Waals surface area contributed by atoms with Gasteiger partial charge in [0, 0.05) is 12.0 Å². The molecular formula is C28H36O2Si. The summed E-state index contributed by atoms with van der Waals surface area (Å²) in [6.07, 6.45) is 0. The van der Waals surface area contributed by atoms with E-state index in [1.165, 1.54) is 15.9 Å². The fraction of sp³-hybridized carbons (Fsp3) is 0.357. The maximum atomic E-state index is 7.09. The number of benzene rings is 3. The molecule has 0 heterocycles. The molecule has 3 aromatic carbocycles. The highest BCUT2D eigenvalue weighted by molar-refractivity contribution is 6.99. The van der Waals surface area contributed by atoms with Crippen molar-refractivity contribution in [2.45, 2.75) is 46.3 Å². The minimum atomic E-state index is -2.52. The van der Waals surface area contributed by atoms with Crippen LogP contribution in [0.4, 0.5) is 0 Å². The lowest BCUT2D eigenvalue weighted by Crippen LogP contribution is -2.67. The lowest BCUT2D eigenvalue weighted by molar-refractivity contribution is 0.0236. The van der Waals surface area contributed by atoms with E-state index in [1.54, 1.807) is 0 Å². The summed E-state index contributed by atoms with van der Waals surface area (Å²) < 4.78 is 13.2. The molecule has 2 nitrogen and oxygen atoms in total. The fourth-order valence-electron chi connectivity index (χ4n) is 4.13. The van der Waals surface area contributed by atoms with Gasteiger partial charge in [0.15, 0.2) is 0 Å². The van der Waals surface area contributed by atoms with Gasteiger partial charge in [-0.15, -0.1) is 0 Å². The van der Waals surface area contributed by atoms with Crippen molar-refractivity contribution in [3.8, 4) is 0 Å². The van der Waals surface area contributed by atoms with Crippen LogP contribution in [0.5, 0.6) is 0 Å². The lowest BCUT2D eigenvalue weighted by atomic mass is 9.96. The molecule has 0 unspecified atom stereocenters. The summed E-state index contributed by atoms with van der Waals surface area (Å²) in [4.78, 5) is 0. The maximum absolute atomic E-state index is 7.09. The van der Waals surface area contributed by atoms with Crippen molar-refractivity contribution in [1.82, 2.24) is 0 Å². The van der Waals surface area contributed by atoms with Crippen molar-refractivity contribution in [3.63, 3.8) is 0 Å². The molecule has 0 atom stereocenters. The highest BCUT2D eigenvalue weighted by atomic mass is 28.4. The summed E-state index contributed by atoms with van der Waals surface area (Å²) in [5.74, 6) is 0. The van der Waals surface area contributed by atoms with Gasteiger partial charge in [-0.3, -0.25) is 0 Å². The van der Waals surface area contributed by atoms with Crippen LogP contribution in [0, 0.1) is 5.41 Å². The van der Waals surface area contributed by atoms with Gasteiger partial charge in [-0.25, -0.2) is 0 Å². The lowest BCUT2D eigenvalue weighted by Gasteiger charge is -2.44. The zero-order valence-electron chi connectivity index (χ0n) is 19.6. The molecule has 0 aliphatic carbocycles. The van der Waals surface area contributed by atoms with E-state index in [9.17, 15) is 0 Å². The standard InChI is InChI=1S/C28H36O2Si/c1-27(2,3)31(25-17-11-7-12-18-25,26-19-13-8-14-20-26)30-23-28(4,5)22-29-21-24-15-9-6-10-16-24/h6-20H,21-23H2,1-5H3. The average molecular weight is 433 g/mol. The van der Waals surface area contributed by atoms with E-state index >= 15 is 0 Å². The third-order valence-corrected chi connectivity index (χ3v) is 10.7. The largest absolute Gasteiger partial charge is 0.407 e. The van der Waals surface area contributed by atoms with Gasteiger partial charge in [0.2, 0.25) is 0 Å². The Morgan fingerprint density at radius 1 is 0.613 bits per heavy atom. The predicted octanol–water partition coefficient (Wildman–Crippen LogP) is 5.81. The molecule has 3 aromatic rings. The topological polar surface area (TPSA) is 18.5 Å². The number of hydrogen-bond donors (Lipinski definition) is 0. The predicted molar refractivity (Wildman–Crippen MR) is 133 cm³/mol. The molecule has 164 valence electrons. The van der Waals surface area contributed by atoms with E-state index in [0.717, 1.165) is 0 Å². The Balaban J connectivity index is 1.83. The Labute approximate surface area is 189 Å². The van der Waals surface area contributed by atoms with Crippen LogP contribution in [-0.4, -0.2) is 21.5 Å². The maximum Gasteiger partial charge on any atom is 0.261 e. The smallest absolute Gasteiger partial charge is 0.261 e. The molecule has 0 saturated carbocycles. The summed E-state index contributed by atoms with van der Waals surface area (Å²) in [5, 5.41) is 2.61. The van der Waals surface area contributed by atoms with Gasteiger partial charge in [-0.05, 0) is 21.0 Å². The van der Waals surface area contributed by atoms with Gasteiger partial charge in [0.05, 0.1) is 13.2 Å². The molecule has 0 aliphatic rings. The molecule has 0 spiro atoms. The second kappa shape index (κ2) is 9.95. The molecule has 0 fully saturated rings. The molecule has 3 rings (SSSR count). The van der Waals surface area contributed by atoms with Gasteiger partial charge in [0.25, 0.3) is 8.32 Å². The van der Waals surface area contributed by atoms with Crippen LogP contribution < -0.4 is 10.4 Å². The highest BCUT2D eigenvalue weighted by Gasteiger charge is 2.50. The first-order valence-corrected chi connectivity index (χ1v) is 13.0. The molecule has 3 heteroatoms. The van der Waals surface area contributed by atoms with Crippen molar-refractivity contribution < 1.29 is 9.16 Å². The molecule has 0 radical (unpaired) electrons. The fourth-order valence-corrected chi connectivity index (χ4v) is 8.89. The van der Waals surface area contributed by atoms with Crippen molar-refractivity contribution in [2.75, 3.05) is 13.2 Å². The van der Waals surface area contributed by atoms with Crippen LogP contribution >= 0.6 is 0 Å². The molecule has 0 aromatic heterocycles. The van der Waals surface area contributed by atoms with Crippen molar-refractivity contribution in [3.05, 3.63) is 96.6 Å². The van der Waals surface area contributed by atoms with Crippen LogP contribution in [0.15, 0.2) is 91.0 Å². The molecule has 0 N–H and O–H groups in total. The Morgan fingerprint density at radius 3 is 1.52 bits per heavy atom. The van der Waals surface area contributed by atoms with Gasteiger partial charge in [-0.2, -0.15) is 0 Å². The first kappa shape index (κ1) is 23.5. The van der Waals surface area contributed by atoms with Crippen LogP contribution in [0.3, 0.4) is 0 Å². The molecule has 0 aliphatic heterocycles. The summed E-state index contributed by atoms with van der Waals surface area (Å²) in [6.45, 7) is 13.3. The average Bonchev–Trinajstić information content (AvgIpc) is 2.75. The quantitative estimate of drug-likeness (QED) is 0.398. The Morgan fingerprint density at radius 2 is 1.06 bits per heavy atom. The molecular weight excluding hydrogens is 396 g/mol. The number of ether oxygens (including phenoxy) is 1. The van der Waals surface area contributed by atoms with Crippen molar-refractivity contribution >= 4 is 18.7 Å². The van der Waals surface area contributed by atoms with Crippen LogP contribution in [-0.2, 0) is 15.8 Å². The minimum absolute atomic E-state index is 0.0172. The Bertz CT molecular complexity index is 876. The normalized spacial score (nSPS) is 12.7. The van der Waals surface area contributed by atoms with E-state index in [4.69, 9.17) is 9.16 Å². The van der Waals surface area contributed by atoms with E-state index in [0.29, 0.717) is 19.8 Å². The van der Waals surface area contributed by atoms with Gasteiger partial charge in [-0.1, -0.05) is 126 Å². The minimum Gasteiger partial charge on any atom is -0.407 e. The SMILES string of the molecule is CC(C)(COCc1ccccc1)CO[Si](c1ccccc1)(c1ccccc1)C(C)(C)C. The Hall–Kier alpha value is -2.20. The number of hydrogen-bond acceptors (Lipinski definition) is 2. The third kappa shape index (κ3) is 5.73. The van der Waals surface area contributed by atoms with E-state index in [-0.39, 0.29) is 10.5 Å². The van der Waals surface area contributed by atoms with E-state index < -0.39 is 8.32 Å². The van der Waals surface area contributed by atoms with E-state index in [2.05, 4.69) is 120 Å². The monoisotopic (exact) mass is 432 g/mol. The summed E-state index contributed by atoms with van der Waals surface area (Å²) >= 11 is 0. The van der Waals surface area contributed by atoms with Gasteiger partial charge in [0.1, 0.15) is 0 Å². The van der Waals surface area contributed by atoms with Crippen LogP contribution in [0.25, 0.3) is 0 Å².